The molecule has 0 spiro atoms. The topological polar surface area (TPSA) is 75.6 Å². The van der Waals surface area contributed by atoms with Gasteiger partial charge in [0.15, 0.2) is 0 Å². The third-order valence-corrected chi connectivity index (χ3v) is 4.32. The molecule has 0 aliphatic carbocycles. The molecule has 3 rings (SSSR count). The monoisotopic (exact) mass is 329 g/mol. The lowest BCUT2D eigenvalue weighted by molar-refractivity contribution is -0.147. The fourth-order valence-electron chi connectivity index (χ4n) is 3.32. The highest BCUT2D eigenvalue weighted by molar-refractivity contribution is 5.96. The molecule has 0 radical (unpaired) electrons. The number of alkyl halides is 3. The normalized spacial score (nSPS) is 29.5. The van der Waals surface area contributed by atoms with Crippen LogP contribution in [-0.2, 0) is 20.5 Å². The fraction of sp³-hybridized carbons (Fsp3) is 0.467. The van der Waals surface area contributed by atoms with Gasteiger partial charge in [-0.1, -0.05) is 6.07 Å². The van der Waals surface area contributed by atoms with Gasteiger partial charge in [-0.05, 0) is 31.0 Å². The molecule has 0 saturated carbocycles. The van der Waals surface area contributed by atoms with Gasteiger partial charge in [0.1, 0.15) is 0 Å². The Hall–Kier alpha value is -2.09. The van der Waals surface area contributed by atoms with Gasteiger partial charge in [-0.15, -0.1) is 0 Å². The number of amides is 1. The zero-order valence-electron chi connectivity index (χ0n) is 11.8. The van der Waals surface area contributed by atoms with Crippen LogP contribution in [0.3, 0.4) is 0 Å². The second-order valence-corrected chi connectivity index (χ2v) is 5.75. The van der Waals surface area contributed by atoms with E-state index in [0.29, 0.717) is 12.8 Å². The van der Waals surface area contributed by atoms with Crippen molar-refractivity contribution in [1.29, 1.82) is 0 Å². The fourth-order valence-corrected chi connectivity index (χ4v) is 3.32. The van der Waals surface area contributed by atoms with Crippen molar-refractivity contribution >= 4 is 17.6 Å². The number of halogens is 3. The van der Waals surface area contributed by atoms with Gasteiger partial charge in [0, 0.05) is 5.69 Å². The zero-order valence-corrected chi connectivity index (χ0v) is 11.8. The molecule has 0 aromatic heterocycles. The number of carboxylic acids is 1. The molecule has 2 N–H and O–H groups in total. The van der Waals surface area contributed by atoms with Gasteiger partial charge in [-0.3, -0.25) is 9.59 Å². The van der Waals surface area contributed by atoms with Crippen molar-refractivity contribution in [3.63, 3.8) is 0 Å². The molecular formula is C15H14F3NO4. The molecule has 0 unspecified atom stereocenters. The molecule has 1 aromatic rings. The van der Waals surface area contributed by atoms with Crippen molar-refractivity contribution in [3.8, 4) is 0 Å². The van der Waals surface area contributed by atoms with E-state index < -0.39 is 47.7 Å². The summed E-state index contributed by atoms with van der Waals surface area (Å²) in [7, 11) is 0. The van der Waals surface area contributed by atoms with E-state index in [0.717, 1.165) is 12.1 Å². The molecule has 5 nitrogen and oxygen atoms in total. The quantitative estimate of drug-likeness (QED) is 0.893. The van der Waals surface area contributed by atoms with Crippen LogP contribution in [0.2, 0.25) is 0 Å². The Labute approximate surface area is 129 Å². The third-order valence-electron chi connectivity index (χ3n) is 4.32. The molecule has 2 fully saturated rings. The summed E-state index contributed by atoms with van der Waals surface area (Å²) in [6.45, 7) is 0. The van der Waals surface area contributed by atoms with E-state index in [4.69, 9.17) is 4.74 Å². The summed E-state index contributed by atoms with van der Waals surface area (Å²) < 4.78 is 43.5. The number of rotatable bonds is 3. The van der Waals surface area contributed by atoms with Crippen molar-refractivity contribution in [2.24, 2.45) is 11.8 Å². The number of ether oxygens (including phenoxy) is 1. The summed E-state index contributed by atoms with van der Waals surface area (Å²) >= 11 is 0. The van der Waals surface area contributed by atoms with Crippen molar-refractivity contribution in [2.75, 3.05) is 5.32 Å². The summed E-state index contributed by atoms with van der Waals surface area (Å²) in [6, 6.07) is 4.24. The van der Waals surface area contributed by atoms with Crippen LogP contribution in [-0.4, -0.2) is 29.2 Å². The van der Waals surface area contributed by atoms with Crippen LogP contribution in [0.5, 0.6) is 0 Å². The molecule has 1 aromatic carbocycles. The molecule has 4 atom stereocenters. The van der Waals surface area contributed by atoms with Gasteiger partial charge in [0.05, 0.1) is 29.6 Å². The highest BCUT2D eigenvalue weighted by Gasteiger charge is 2.55. The van der Waals surface area contributed by atoms with Gasteiger partial charge >= 0.3 is 12.1 Å². The molecule has 124 valence electrons. The minimum atomic E-state index is -4.51. The Morgan fingerprint density at radius 1 is 1.17 bits per heavy atom. The van der Waals surface area contributed by atoms with Crippen molar-refractivity contribution in [3.05, 3.63) is 29.8 Å². The summed E-state index contributed by atoms with van der Waals surface area (Å²) in [6.07, 6.45) is -4.36. The van der Waals surface area contributed by atoms with E-state index in [2.05, 4.69) is 5.32 Å². The maximum atomic E-state index is 12.7. The number of nitrogens with one attached hydrogen (secondary N) is 1. The Morgan fingerprint density at radius 2 is 1.83 bits per heavy atom. The standard InChI is InChI=1S/C15H14F3NO4/c16-15(17,18)7-2-1-3-8(6-7)19-13(20)11-9-4-5-10(23-9)12(11)14(21)22/h1-3,6,9-12H,4-5H2,(H,19,20)(H,21,22)/t9-,10-,11+,12-/m1/s1. The first-order valence-electron chi connectivity index (χ1n) is 7.14. The predicted octanol–water partition coefficient (Wildman–Crippen LogP) is 2.52. The molecule has 2 aliphatic rings. The number of hydrogen-bond acceptors (Lipinski definition) is 3. The summed E-state index contributed by atoms with van der Waals surface area (Å²) in [5.74, 6) is -3.59. The Kier molecular flexibility index (Phi) is 3.79. The maximum Gasteiger partial charge on any atom is 0.416 e. The molecule has 1 amide bonds. The highest BCUT2D eigenvalue weighted by atomic mass is 19.4. The summed E-state index contributed by atoms with van der Waals surface area (Å²) in [4.78, 5) is 23.7. The number of carbonyl (C=O) groups excluding carboxylic acids is 1. The number of fused-ring (bicyclic) bond motifs is 2. The first-order valence-corrected chi connectivity index (χ1v) is 7.14. The molecule has 2 aliphatic heterocycles. The van der Waals surface area contributed by atoms with Crippen LogP contribution < -0.4 is 5.32 Å². The first kappa shape index (κ1) is 15.8. The SMILES string of the molecule is O=C(Nc1cccc(C(F)(F)F)c1)[C@@H]1[C@H](C(=O)O)[C@H]2CC[C@H]1O2. The second-order valence-electron chi connectivity index (χ2n) is 5.75. The first-order chi connectivity index (χ1) is 10.8. The maximum absolute atomic E-state index is 12.7. The van der Waals surface area contributed by atoms with Crippen molar-refractivity contribution in [2.45, 2.75) is 31.2 Å². The molecule has 2 bridgehead atoms. The predicted molar refractivity (Wildman–Crippen MR) is 72.6 cm³/mol. The molecule has 2 saturated heterocycles. The Balaban J connectivity index is 1.78. The average Bonchev–Trinajstić information content (AvgIpc) is 3.07. The van der Waals surface area contributed by atoms with Gasteiger partial charge in [-0.25, -0.2) is 0 Å². The smallest absolute Gasteiger partial charge is 0.416 e. The lowest BCUT2D eigenvalue weighted by atomic mass is 9.78. The molecule has 8 heteroatoms. The van der Waals surface area contributed by atoms with Crippen LogP contribution in [0.15, 0.2) is 24.3 Å². The Bertz CT molecular complexity index is 646. The van der Waals surface area contributed by atoms with Crippen molar-refractivity contribution < 1.29 is 32.6 Å². The van der Waals surface area contributed by atoms with Crippen LogP contribution in [0.4, 0.5) is 18.9 Å². The lowest BCUT2D eigenvalue weighted by Gasteiger charge is -2.24. The molecule has 23 heavy (non-hydrogen) atoms. The second kappa shape index (κ2) is 5.52. The van der Waals surface area contributed by atoms with E-state index in [1.54, 1.807) is 0 Å². The van der Waals surface area contributed by atoms with Crippen LogP contribution >= 0.6 is 0 Å². The summed E-state index contributed by atoms with van der Waals surface area (Å²) in [5, 5.41) is 11.6. The van der Waals surface area contributed by atoms with Gasteiger partial charge < -0.3 is 15.2 Å². The Morgan fingerprint density at radius 3 is 2.43 bits per heavy atom. The van der Waals surface area contributed by atoms with Gasteiger partial charge in [0.25, 0.3) is 0 Å². The summed E-state index contributed by atoms with van der Waals surface area (Å²) in [5.41, 5.74) is -0.897. The molecule has 2 heterocycles. The third kappa shape index (κ3) is 2.90. The van der Waals surface area contributed by atoms with E-state index in [1.807, 2.05) is 0 Å². The van der Waals surface area contributed by atoms with E-state index in [9.17, 15) is 27.9 Å². The zero-order chi connectivity index (χ0) is 16.8. The lowest BCUT2D eigenvalue weighted by Crippen LogP contribution is -2.40. The number of hydrogen-bond donors (Lipinski definition) is 2. The van der Waals surface area contributed by atoms with E-state index in [1.165, 1.54) is 12.1 Å². The van der Waals surface area contributed by atoms with Crippen LogP contribution in [0.1, 0.15) is 18.4 Å². The number of carboxylic acid groups (broad SMARTS) is 1. The number of carbonyl (C=O) groups is 2. The largest absolute Gasteiger partial charge is 0.481 e. The van der Waals surface area contributed by atoms with E-state index in [-0.39, 0.29) is 5.69 Å². The number of anilines is 1. The highest BCUT2D eigenvalue weighted by Crippen LogP contribution is 2.44. The average molecular weight is 329 g/mol. The number of benzene rings is 1. The van der Waals surface area contributed by atoms with E-state index >= 15 is 0 Å². The van der Waals surface area contributed by atoms with Crippen LogP contribution in [0, 0.1) is 11.8 Å². The minimum Gasteiger partial charge on any atom is -0.481 e. The van der Waals surface area contributed by atoms with Crippen molar-refractivity contribution in [1.82, 2.24) is 0 Å². The molecular weight excluding hydrogens is 315 g/mol. The van der Waals surface area contributed by atoms with Gasteiger partial charge in [-0.2, -0.15) is 13.2 Å². The minimum absolute atomic E-state index is 0.0169. The number of aliphatic carboxylic acids is 1. The van der Waals surface area contributed by atoms with Gasteiger partial charge in [0.2, 0.25) is 5.91 Å². The van der Waals surface area contributed by atoms with Crippen LogP contribution in [0.25, 0.3) is 0 Å².